The van der Waals surface area contributed by atoms with Gasteiger partial charge in [-0.05, 0) is 99.5 Å². The van der Waals surface area contributed by atoms with Crippen molar-refractivity contribution in [3.8, 4) is 24.7 Å². The Morgan fingerprint density at radius 3 is 1.16 bits per heavy atom. The second-order valence-electron chi connectivity index (χ2n) is 16.1. The zero-order valence-corrected chi connectivity index (χ0v) is 48.0. The van der Waals surface area contributed by atoms with Crippen LogP contribution in [0.3, 0.4) is 0 Å². The van der Waals surface area contributed by atoms with Crippen molar-refractivity contribution in [3.05, 3.63) is 115 Å². The van der Waals surface area contributed by atoms with Gasteiger partial charge in [0.25, 0.3) is 20.4 Å². The molecule has 0 saturated carbocycles. The Kier molecular flexibility index (Phi) is 36.0. The van der Waals surface area contributed by atoms with Crippen molar-refractivity contribution in [2.75, 3.05) is 70.2 Å². The number of hydrogen-bond acceptors (Lipinski definition) is 23. The van der Waals surface area contributed by atoms with Crippen LogP contribution >= 0.6 is 10.7 Å². The highest BCUT2D eigenvalue weighted by Gasteiger charge is 2.21. The number of sulfonamides is 3. The van der Waals surface area contributed by atoms with Crippen LogP contribution in [0.2, 0.25) is 0 Å². The molecule has 4 aromatic carbocycles. The van der Waals surface area contributed by atoms with Gasteiger partial charge < -0.3 is 57.6 Å². The number of nitrogen functional groups attached to an aromatic ring is 1. The number of halogens is 1. The van der Waals surface area contributed by atoms with Crippen molar-refractivity contribution in [1.82, 2.24) is 14.2 Å². The lowest BCUT2D eigenvalue weighted by atomic mass is 10.2. The lowest BCUT2D eigenvalue weighted by Gasteiger charge is -2.12. The number of benzene rings is 4. The fourth-order valence-electron chi connectivity index (χ4n) is 5.08. The lowest BCUT2D eigenvalue weighted by molar-refractivity contribution is -0.385. The van der Waals surface area contributed by atoms with Crippen LogP contribution in [0.15, 0.2) is 92.4 Å². The number of terminal acetylenes is 2. The maximum Gasteiger partial charge on any atom is 0.272 e. The standard InChI is InChI=1S/C13H18N2O4S.C10H14N2O6S.C10H16N2O4S.C7H6ClNO4S.C4H6.C3H9NO2/c1-3-6-14-13-5-4-12(7-10(13)2)20(18,19)15-8-11(17)9-16;1-7-4-9(2-3-10(7)12(15)16)19(17,18)11-5-8(14)6-13;1-7-4-9(2-3-10(7)11)17(15,16)12-5-8(14)6-13;1-5-4-6(14(8,12)13)2-3-7(5)9(10)11;1-3-4-2;4-1-3(6)2-5/h1,4-5,7,11,14-17H,6,8-9H2,2H3;2-4,8,11,13-14H,5-6H2,1H3;2-4,8,12-14H,5-6,11H2,1H3;2-4H,1H3;1H,4H2,2H3;3,5-6H,1-2,4H2. The summed E-state index contributed by atoms with van der Waals surface area (Å²) in [6.45, 7) is 6.16. The van der Waals surface area contributed by atoms with E-state index in [-0.39, 0.29) is 74.9 Å². The first-order chi connectivity index (χ1) is 37.1. The van der Waals surface area contributed by atoms with E-state index in [4.69, 9.17) is 75.8 Å². The van der Waals surface area contributed by atoms with E-state index in [1.165, 1.54) is 56.3 Å². The molecule has 0 amide bonds. The van der Waals surface area contributed by atoms with Gasteiger partial charge in [0.2, 0.25) is 30.1 Å². The highest BCUT2D eigenvalue weighted by Crippen LogP contribution is 2.24. The Morgan fingerprint density at radius 1 is 0.562 bits per heavy atom. The minimum atomic E-state index is -3.87. The number of nitrogens with one attached hydrogen (secondary N) is 4. The number of rotatable bonds is 22. The fraction of sp³-hybridized carbons (Fsp3) is 0.404. The molecule has 0 saturated heterocycles. The summed E-state index contributed by atoms with van der Waals surface area (Å²) in [5.41, 5.74) is 13.3. The quantitative estimate of drug-likeness (QED) is 0.0156. The largest absolute Gasteiger partial charge is 0.399 e. The first kappa shape index (κ1) is 76.1. The van der Waals surface area contributed by atoms with Gasteiger partial charge in [-0.25, -0.2) is 47.8 Å². The van der Waals surface area contributed by atoms with Crippen molar-refractivity contribution >= 4 is 72.6 Å². The van der Waals surface area contributed by atoms with Crippen molar-refractivity contribution in [2.45, 2.75) is 85.0 Å². The highest BCUT2D eigenvalue weighted by atomic mass is 35.7. The first-order valence-electron chi connectivity index (χ1n) is 23.0. The Morgan fingerprint density at radius 2 is 0.887 bits per heavy atom. The maximum atomic E-state index is 12.0. The summed E-state index contributed by atoms with van der Waals surface area (Å²) in [6, 6.07) is 15.7. The van der Waals surface area contributed by atoms with E-state index in [9.17, 15) is 53.9 Å². The molecular weight excluding hydrogens is 1160 g/mol. The molecule has 0 aliphatic rings. The van der Waals surface area contributed by atoms with Crippen molar-refractivity contribution in [2.24, 2.45) is 5.73 Å². The smallest absolute Gasteiger partial charge is 0.272 e. The fourth-order valence-corrected chi connectivity index (χ4v) is 9.39. The molecular formula is C47H69ClN8O20S4. The van der Waals surface area contributed by atoms with E-state index in [0.717, 1.165) is 41.9 Å². The zero-order valence-electron chi connectivity index (χ0n) is 44.0. The molecule has 16 N–H and O–H groups in total. The summed E-state index contributed by atoms with van der Waals surface area (Å²) >= 11 is 0. The monoisotopic (exact) mass is 1230 g/mol. The third-order valence-electron chi connectivity index (χ3n) is 9.61. The third-order valence-corrected chi connectivity index (χ3v) is 15.2. The van der Waals surface area contributed by atoms with E-state index < -0.39 is 93.2 Å². The summed E-state index contributed by atoms with van der Waals surface area (Å²) in [4.78, 5) is 19.7. The molecule has 80 heavy (non-hydrogen) atoms. The average Bonchev–Trinajstić information content (AvgIpc) is 3.41. The van der Waals surface area contributed by atoms with Gasteiger partial charge >= 0.3 is 0 Å². The van der Waals surface area contributed by atoms with Crippen LogP contribution in [0, 0.1) is 72.6 Å². The molecule has 0 bridgehead atoms. The highest BCUT2D eigenvalue weighted by molar-refractivity contribution is 8.13. The molecule has 4 aromatic rings. The number of nitrogens with zero attached hydrogens (tertiary/aromatic N) is 2. The second-order valence-corrected chi connectivity index (χ2v) is 24.0. The Hall–Kier alpha value is -5.99. The Labute approximate surface area is 469 Å². The minimum Gasteiger partial charge on any atom is -0.399 e. The average molecular weight is 1230 g/mol. The number of aryl methyl sites for hydroxylation is 4. The van der Waals surface area contributed by atoms with Crippen molar-refractivity contribution < 1.29 is 84.4 Å². The molecule has 448 valence electrons. The van der Waals surface area contributed by atoms with Crippen LogP contribution in [0.1, 0.15) is 35.6 Å². The molecule has 0 aliphatic carbocycles. The summed E-state index contributed by atoms with van der Waals surface area (Å²) < 4.78 is 99.4. The Balaban J connectivity index is 0. The number of anilines is 2. The van der Waals surface area contributed by atoms with Crippen LogP contribution in [-0.2, 0) is 39.1 Å². The predicted octanol–water partition coefficient (Wildman–Crippen LogP) is -0.426. The maximum absolute atomic E-state index is 12.0. The van der Waals surface area contributed by atoms with Crippen LogP contribution in [0.5, 0.6) is 0 Å². The van der Waals surface area contributed by atoms with E-state index in [1.54, 1.807) is 19.9 Å². The first-order valence-corrected chi connectivity index (χ1v) is 29.7. The number of aliphatic hydroxyl groups is 8. The van der Waals surface area contributed by atoms with E-state index in [1.807, 2.05) is 6.92 Å². The number of nitro groups is 2. The summed E-state index contributed by atoms with van der Waals surface area (Å²) in [6.07, 6.45) is 6.60. The van der Waals surface area contributed by atoms with Crippen LogP contribution < -0.4 is 31.0 Å². The van der Waals surface area contributed by atoms with Crippen molar-refractivity contribution in [3.63, 3.8) is 0 Å². The number of nitro benzene ring substituents is 2. The molecule has 4 unspecified atom stereocenters. The number of hydrogen-bond donors (Lipinski definition) is 14. The van der Waals surface area contributed by atoms with Crippen molar-refractivity contribution in [1.29, 1.82) is 0 Å². The van der Waals surface area contributed by atoms with Gasteiger partial charge in [0, 0.05) is 77.9 Å². The molecule has 33 heteroatoms. The molecule has 0 heterocycles. The number of nitrogens with two attached hydrogens (primary N) is 2. The van der Waals surface area contributed by atoms with Crippen LogP contribution in [-0.4, -0.2) is 168 Å². The molecule has 0 aromatic heterocycles. The van der Waals surface area contributed by atoms with Gasteiger partial charge in [0.1, 0.15) is 0 Å². The second kappa shape index (κ2) is 37.9. The summed E-state index contributed by atoms with van der Waals surface area (Å²) in [5.74, 6) is 4.86. The molecule has 0 radical (unpaired) electrons. The van der Waals surface area contributed by atoms with Gasteiger partial charge in [0.05, 0.1) is 86.8 Å². The minimum absolute atomic E-state index is 0.0781. The SMILES string of the molecule is C#CCC.C#CCNc1ccc(S(=O)(=O)NCC(O)CO)cc1C.Cc1cc(S(=O)(=O)Cl)ccc1[N+](=O)[O-].Cc1cc(S(=O)(=O)NCC(O)CO)ccc1N.Cc1cc(S(=O)(=O)NCC(O)CO)ccc1[N+](=O)[O-].NCC(O)CO. The van der Waals surface area contributed by atoms with Gasteiger partial charge in [0.15, 0.2) is 0 Å². The molecule has 0 aliphatic heterocycles. The molecule has 4 rings (SSSR count). The van der Waals surface area contributed by atoms with Gasteiger partial charge in [-0.1, -0.05) is 12.8 Å². The third kappa shape index (κ3) is 29.5. The predicted molar refractivity (Wildman–Crippen MR) is 299 cm³/mol. The normalized spacial score (nSPS) is 12.5. The van der Waals surface area contributed by atoms with E-state index in [2.05, 4.69) is 31.3 Å². The Bertz CT molecular complexity index is 3140. The molecule has 4 atom stereocenters. The van der Waals surface area contributed by atoms with Crippen LogP contribution in [0.25, 0.3) is 0 Å². The van der Waals surface area contributed by atoms with Crippen LogP contribution in [0.4, 0.5) is 22.7 Å². The lowest BCUT2D eigenvalue weighted by Crippen LogP contribution is -2.33. The topological polar surface area (TPSA) is 485 Å². The number of aliphatic hydroxyl groups excluding tert-OH is 8. The summed E-state index contributed by atoms with van der Waals surface area (Å²) in [5, 5.41) is 93.4. The molecule has 0 fully saturated rings. The zero-order chi connectivity index (χ0) is 62.2. The van der Waals surface area contributed by atoms with E-state index in [0.29, 0.717) is 17.8 Å². The van der Waals surface area contributed by atoms with Gasteiger partial charge in [-0.15, -0.1) is 18.8 Å². The van der Waals surface area contributed by atoms with E-state index >= 15 is 0 Å². The van der Waals surface area contributed by atoms with Gasteiger partial charge in [-0.3, -0.25) is 20.2 Å². The molecule has 28 nitrogen and oxygen atoms in total. The molecule has 0 spiro atoms. The summed E-state index contributed by atoms with van der Waals surface area (Å²) in [7, 11) is -10.0. The van der Waals surface area contributed by atoms with Gasteiger partial charge in [-0.2, -0.15) is 0 Å².